The van der Waals surface area contributed by atoms with Crippen LogP contribution in [0.1, 0.15) is 11.7 Å². The van der Waals surface area contributed by atoms with Crippen molar-refractivity contribution in [2.24, 2.45) is 0 Å². The van der Waals surface area contributed by atoms with E-state index in [0.717, 1.165) is 0 Å². The molecule has 1 nitrogen and oxygen atoms in total. The average molecular weight is 229 g/mol. The Balaban J connectivity index is 3.10. The van der Waals surface area contributed by atoms with Crippen LogP contribution in [0.4, 0.5) is 4.39 Å². The van der Waals surface area contributed by atoms with Crippen LogP contribution in [0.25, 0.3) is 0 Å². The maximum Gasteiger partial charge on any atom is 0.140 e. The topological polar surface area (TPSA) is 20.2 Å². The van der Waals surface area contributed by atoms with Crippen molar-refractivity contribution >= 4 is 15.9 Å². The van der Waals surface area contributed by atoms with Gasteiger partial charge in [0.2, 0.25) is 0 Å². The number of hydrogen-bond donors (Lipinski definition) is 1. The van der Waals surface area contributed by atoms with Gasteiger partial charge in [0.05, 0.1) is 0 Å². The summed E-state index contributed by atoms with van der Waals surface area (Å²) in [6.45, 7) is 0. The van der Waals surface area contributed by atoms with Crippen LogP contribution in [-0.4, -0.2) is 5.11 Å². The Morgan fingerprint density at radius 1 is 1.50 bits per heavy atom. The van der Waals surface area contributed by atoms with E-state index in [1.165, 1.54) is 12.1 Å². The van der Waals surface area contributed by atoms with Crippen molar-refractivity contribution in [1.82, 2.24) is 0 Å². The molecule has 0 amide bonds. The molecule has 0 spiro atoms. The molecule has 0 saturated heterocycles. The van der Waals surface area contributed by atoms with E-state index in [1.54, 1.807) is 6.07 Å². The van der Waals surface area contributed by atoms with E-state index in [-0.39, 0.29) is 0 Å². The van der Waals surface area contributed by atoms with Gasteiger partial charge >= 0.3 is 0 Å². The largest absolute Gasteiger partial charge is 0.376 e. The predicted octanol–water partition coefficient (Wildman–Crippen LogP) is 2.25. The van der Waals surface area contributed by atoms with Crippen molar-refractivity contribution in [3.8, 4) is 12.3 Å². The molecule has 0 aliphatic heterocycles. The van der Waals surface area contributed by atoms with Crippen LogP contribution in [0.3, 0.4) is 0 Å². The maximum absolute atomic E-state index is 12.7. The number of benzene rings is 1. The smallest absolute Gasteiger partial charge is 0.140 e. The maximum atomic E-state index is 12.7. The summed E-state index contributed by atoms with van der Waals surface area (Å²) in [6.07, 6.45) is 3.92. The van der Waals surface area contributed by atoms with Gasteiger partial charge in [-0.25, -0.2) is 4.39 Å². The van der Waals surface area contributed by atoms with Gasteiger partial charge in [-0.1, -0.05) is 21.9 Å². The van der Waals surface area contributed by atoms with E-state index >= 15 is 0 Å². The second-order valence-electron chi connectivity index (χ2n) is 2.27. The van der Waals surface area contributed by atoms with Gasteiger partial charge < -0.3 is 5.11 Å². The Morgan fingerprint density at radius 3 is 2.67 bits per heavy atom. The molecule has 0 aliphatic rings. The quantitative estimate of drug-likeness (QED) is 0.732. The van der Waals surface area contributed by atoms with Crippen LogP contribution in [0.5, 0.6) is 0 Å². The van der Waals surface area contributed by atoms with Crippen LogP contribution in [0.2, 0.25) is 0 Å². The Hall–Kier alpha value is -0.850. The highest BCUT2D eigenvalue weighted by atomic mass is 79.9. The summed E-state index contributed by atoms with van der Waals surface area (Å²) in [4.78, 5) is 0. The third kappa shape index (κ3) is 2.07. The first kappa shape index (κ1) is 9.24. The van der Waals surface area contributed by atoms with Gasteiger partial charge in [0.25, 0.3) is 0 Å². The standard InChI is InChI=1S/C9H6BrFO/c1-2-9(12)6-3-7(10)5-8(11)4-6/h1,3-5,9,12H/t9-/m1/s1. The fourth-order valence-corrected chi connectivity index (χ4v) is 1.31. The van der Waals surface area contributed by atoms with Gasteiger partial charge in [0.1, 0.15) is 11.9 Å². The lowest BCUT2D eigenvalue weighted by atomic mass is 10.1. The van der Waals surface area contributed by atoms with E-state index in [4.69, 9.17) is 11.5 Å². The molecule has 0 aliphatic carbocycles. The summed E-state index contributed by atoms with van der Waals surface area (Å²) in [5.74, 6) is 1.68. The highest BCUT2D eigenvalue weighted by Crippen LogP contribution is 2.19. The molecule has 1 rings (SSSR count). The number of aliphatic hydroxyl groups is 1. The van der Waals surface area contributed by atoms with Crippen LogP contribution < -0.4 is 0 Å². The summed E-state index contributed by atoms with van der Waals surface area (Å²) >= 11 is 3.09. The summed E-state index contributed by atoms with van der Waals surface area (Å²) in [5, 5.41) is 9.15. The van der Waals surface area contributed by atoms with Gasteiger partial charge in [0.15, 0.2) is 0 Å². The first-order chi connectivity index (χ1) is 5.63. The van der Waals surface area contributed by atoms with Gasteiger partial charge in [0, 0.05) is 4.47 Å². The third-order valence-electron chi connectivity index (χ3n) is 1.36. The molecular weight excluding hydrogens is 223 g/mol. The summed E-state index contributed by atoms with van der Waals surface area (Å²) in [5.41, 5.74) is 0.379. The van der Waals surface area contributed by atoms with E-state index in [1.807, 2.05) is 0 Å². The molecule has 3 heteroatoms. The van der Waals surface area contributed by atoms with E-state index < -0.39 is 11.9 Å². The molecule has 1 aromatic rings. The van der Waals surface area contributed by atoms with Crippen molar-refractivity contribution in [2.45, 2.75) is 6.10 Å². The third-order valence-corrected chi connectivity index (χ3v) is 1.82. The monoisotopic (exact) mass is 228 g/mol. The molecule has 0 saturated carbocycles. The molecule has 0 bridgehead atoms. The molecule has 1 aromatic carbocycles. The fourth-order valence-electron chi connectivity index (χ4n) is 0.829. The SMILES string of the molecule is C#C[C@@H](O)c1cc(F)cc(Br)c1. The summed E-state index contributed by atoms with van der Waals surface area (Å²) in [6, 6.07) is 4.08. The molecule has 0 heterocycles. The van der Waals surface area contributed by atoms with E-state index in [9.17, 15) is 4.39 Å². The molecule has 62 valence electrons. The highest BCUT2D eigenvalue weighted by Gasteiger charge is 2.05. The van der Waals surface area contributed by atoms with Crippen LogP contribution >= 0.6 is 15.9 Å². The lowest BCUT2D eigenvalue weighted by molar-refractivity contribution is 0.238. The summed E-state index contributed by atoms with van der Waals surface area (Å²) in [7, 11) is 0. The summed E-state index contributed by atoms with van der Waals surface area (Å²) < 4.78 is 13.3. The molecule has 1 N–H and O–H groups in total. The Kier molecular flexibility index (Phi) is 2.85. The van der Waals surface area contributed by atoms with Crippen molar-refractivity contribution in [2.75, 3.05) is 0 Å². The number of aliphatic hydroxyl groups excluding tert-OH is 1. The minimum Gasteiger partial charge on any atom is -0.376 e. The number of rotatable bonds is 1. The first-order valence-electron chi connectivity index (χ1n) is 3.23. The first-order valence-corrected chi connectivity index (χ1v) is 4.03. The fraction of sp³-hybridized carbons (Fsp3) is 0.111. The van der Waals surface area contributed by atoms with Crippen LogP contribution in [-0.2, 0) is 0 Å². The Bertz CT molecular complexity index is 310. The van der Waals surface area contributed by atoms with Crippen molar-refractivity contribution in [3.05, 3.63) is 34.1 Å². The second-order valence-corrected chi connectivity index (χ2v) is 3.19. The minimum atomic E-state index is -1.04. The van der Waals surface area contributed by atoms with Crippen LogP contribution in [0, 0.1) is 18.2 Å². The zero-order valence-electron chi connectivity index (χ0n) is 6.09. The lowest BCUT2D eigenvalue weighted by Crippen LogP contribution is -1.93. The Labute approximate surface area is 78.4 Å². The van der Waals surface area contributed by atoms with Gasteiger partial charge in [-0.3, -0.25) is 0 Å². The molecule has 12 heavy (non-hydrogen) atoms. The molecule has 0 unspecified atom stereocenters. The molecule has 1 atom stereocenters. The van der Waals surface area contributed by atoms with Crippen LogP contribution in [0.15, 0.2) is 22.7 Å². The zero-order valence-corrected chi connectivity index (χ0v) is 7.68. The average Bonchev–Trinajstić information content (AvgIpc) is 2.01. The zero-order chi connectivity index (χ0) is 9.14. The number of halogens is 2. The normalized spacial score (nSPS) is 12.2. The van der Waals surface area contributed by atoms with E-state index in [0.29, 0.717) is 10.0 Å². The van der Waals surface area contributed by atoms with Gasteiger partial charge in [-0.05, 0) is 23.8 Å². The van der Waals surface area contributed by atoms with E-state index in [2.05, 4.69) is 21.9 Å². The van der Waals surface area contributed by atoms with Crippen molar-refractivity contribution in [3.63, 3.8) is 0 Å². The van der Waals surface area contributed by atoms with Gasteiger partial charge in [-0.15, -0.1) is 6.42 Å². The minimum absolute atomic E-state index is 0.379. The number of terminal acetylenes is 1. The van der Waals surface area contributed by atoms with Crippen molar-refractivity contribution in [1.29, 1.82) is 0 Å². The molecular formula is C9H6BrFO. The molecule has 0 fully saturated rings. The second kappa shape index (κ2) is 3.70. The van der Waals surface area contributed by atoms with Crippen molar-refractivity contribution < 1.29 is 9.50 Å². The molecule has 0 aromatic heterocycles. The van der Waals surface area contributed by atoms with Gasteiger partial charge in [-0.2, -0.15) is 0 Å². The number of hydrogen-bond acceptors (Lipinski definition) is 1. The predicted molar refractivity (Wildman–Crippen MR) is 47.9 cm³/mol. The molecule has 0 radical (unpaired) electrons. The highest BCUT2D eigenvalue weighted by molar-refractivity contribution is 9.10. The Morgan fingerprint density at radius 2 is 2.17 bits per heavy atom. The lowest BCUT2D eigenvalue weighted by Gasteiger charge is -2.03.